The molecule has 2 aromatic carbocycles. The van der Waals surface area contributed by atoms with Gasteiger partial charge in [-0.2, -0.15) is 0 Å². The van der Waals surface area contributed by atoms with E-state index in [0.717, 1.165) is 17.7 Å². The second kappa shape index (κ2) is 6.69. The topological polar surface area (TPSA) is 12.0 Å². The summed E-state index contributed by atoms with van der Waals surface area (Å²) in [5, 5.41) is 3.96. The molecule has 21 heavy (non-hydrogen) atoms. The Kier molecular flexibility index (Phi) is 5.14. The van der Waals surface area contributed by atoms with E-state index < -0.39 is 17.5 Å². The fraction of sp³-hybridized carbons (Fsp3) is 0.200. The highest BCUT2D eigenvalue weighted by Crippen LogP contribution is 2.25. The van der Waals surface area contributed by atoms with Gasteiger partial charge in [0.25, 0.3) is 0 Å². The molecule has 1 atom stereocenters. The minimum atomic E-state index is -1.46. The average molecular weight is 334 g/mol. The standard InChI is InChI=1S/C15H12Cl2F3N/c1-8(10-2-3-11(16)12(17)6-10)21-7-9-4-13(18)15(20)14(19)5-9/h2-6,8,21H,7H2,1H3. The Hall–Kier alpha value is -1.23. The fourth-order valence-corrected chi connectivity index (χ4v) is 2.19. The second-order valence-electron chi connectivity index (χ2n) is 4.65. The van der Waals surface area contributed by atoms with Crippen molar-refractivity contribution in [1.82, 2.24) is 5.32 Å². The van der Waals surface area contributed by atoms with E-state index in [2.05, 4.69) is 5.32 Å². The van der Waals surface area contributed by atoms with E-state index in [4.69, 9.17) is 23.2 Å². The maximum absolute atomic E-state index is 13.1. The Bertz CT molecular complexity index is 638. The number of rotatable bonds is 4. The molecule has 0 amide bonds. The van der Waals surface area contributed by atoms with Gasteiger partial charge in [0.2, 0.25) is 0 Å². The van der Waals surface area contributed by atoms with Gasteiger partial charge in [-0.15, -0.1) is 0 Å². The van der Waals surface area contributed by atoms with Gasteiger partial charge in [-0.1, -0.05) is 29.3 Å². The first-order valence-electron chi connectivity index (χ1n) is 6.20. The van der Waals surface area contributed by atoms with Crippen LogP contribution < -0.4 is 5.32 Å². The van der Waals surface area contributed by atoms with Crippen molar-refractivity contribution in [2.75, 3.05) is 0 Å². The molecule has 0 aromatic heterocycles. The van der Waals surface area contributed by atoms with Crippen LogP contribution in [0.15, 0.2) is 30.3 Å². The molecule has 1 unspecified atom stereocenters. The zero-order chi connectivity index (χ0) is 15.6. The van der Waals surface area contributed by atoms with Crippen molar-refractivity contribution in [3.63, 3.8) is 0 Å². The highest BCUT2D eigenvalue weighted by Gasteiger charge is 2.12. The monoisotopic (exact) mass is 333 g/mol. The van der Waals surface area contributed by atoms with Crippen LogP contribution in [0.2, 0.25) is 10.0 Å². The number of hydrogen-bond donors (Lipinski definition) is 1. The van der Waals surface area contributed by atoms with Crippen LogP contribution in [0.25, 0.3) is 0 Å². The van der Waals surface area contributed by atoms with E-state index in [1.165, 1.54) is 0 Å². The van der Waals surface area contributed by atoms with E-state index in [1.807, 2.05) is 6.92 Å². The van der Waals surface area contributed by atoms with Gasteiger partial charge in [0.1, 0.15) is 0 Å². The fourth-order valence-electron chi connectivity index (χ4n) is 1.88. The third-order valence-corrected chi connectivity index (χ3v) is 3.84. The maximum atomic E-state index is 13.1. The van der Waals surface area contributed by atoms with Crippen molar-refractivity contribution in [3.05, 3.63) is 69.0 Å². The summed E-state index contributed by atoms with van der Waals surface area (Å²) in [4.78, 5) is 0. The van der Waals surface area contributed by atoms with Crippen LogP contribution in [0.3, 0.4) is 0 Å². The summed E-state index contributed by atoms with van der Waals surface area (Å²) >= 11 is 11.8. The number of nitrogens with one attached hydrogen (secondary N) is 1. The van der Waals surface area contributed by atoms with Crippen molar-refractivity contribution in [3.8, 4) is 0 Å². The molecule has 0 spiro atoms. The SMILES string of the molecule is CC(NCc1cc(F)c(F)c(F)c1)c1ccc(Cl)c(Cl)c1. The molecule has 0 saturated heterocycles. The predicted molar refractivity (Wildman–Crippen MR) is 78.0 cm³/mol. The van der Waals surface area contributed by atoms with Crippen LogP contribution in [-0.2, 0) is 6.54 Å². The van der Waals surface area contributed by atoms with Crippen LogP contribution >= 0.6 is 23.2 Å². The van der Waals surface area contributed by atoms with Crippen molar-refractivity contribution < 1.29 is 13.2 Å². The third kappa shape index (κ3) is 3.90. The van der Waals surface area contributed by atoms with Gasteiger partial charge in [0, 0.05) is 12.6 Å². The Morgan fingerprint density at radius 3 is 2.19 bits per heavy atom. The van der Waals surface area contributed by atoms with Gasteiger partial charge >= 0.3 is 0 Å². The van der Waals surface area contributed by atoms with Crippen LogP contribution in [0.4, 0.5) is 13.2 Å². The van der Waals surface area contributed by atoms with E-state index in [1.54, 1.807) is 18.2 Å². The zero-order valence-corrected chi connectivity index (χ0v) is 12.6. The molecule has 0 bridgehead atoms. The number of benzene rings is 2. The van der Waals surface area contributed by atoms with Crippen LogP contribution in [-0.4, -0.2) is 0 Å². The Balaban J connectivity index is 2.07. The van der Waals surface area contributed by atoms with Gasteiger partial charge in [0.15, 0.2) is 17.5 Å². The molecule has 0 aliphatic heterocycles. The highest BCUT2D eigenvalue weighted by molar-refractivity contribution is 6.42. The van der Waals surface area contributed by atoms with Crippen molar-refractivity contribution in [2.45, 2.75) is 19.5 Å². The first-order chi connectivity index (χ1) is 9.88. The van der Waals surface area contributed by atoms with Crippen LogP contribution in [0, 0.1) is 17.5 Å². The summed E-state index contributed by atoms with van der Waals surface area (Å²) < 4.78 is 39.1. The minimum absolute atomic E-state index is 0.115. The van der Waals surface area contributed by atoms with E-state index >= 15 is 0 Å². The van der Waals surface area contributed by atoms with Gasteiger partial charge < -0.3 is 5.32 Å². The predicted octanol–water partition coefficient (Wildman–Crippen LogP) is 5.26. The molecule has 0 fully saturated rings. The second-order valence-corrected chi connectivity index (χ2v) is 5.46. The molecule has 0 heterocycles. The summed E-state index contributed by atoms with van der Waals surface area (Å²) in [6, 6.07) is 7.01. The van der Waals surface area contributed by atoms with E-state index in [0.29, 0.717) is 15.6 Å². The third-order valence-electron chi connectivity index (χ3n) is 3.10. The molecular formula is C15H12Cl2F3N. The van der Waals surface area contributed by atoms with Crippen LogP contribution in [0.5, 0.6) is 0 Å². The van der Waals surface area contributed by atoms with Crippen LogP contribution in [0.1, 0.15) is 24.1 Å². The molecule has 0 radical (unpaired) electrons. The molecule has 0 aliphatic rings. The summed E-state index contributed by atoms with van der Waals surface area (Å²) in [5.74, 6) is -3.86. The molecule has 6 heteroatoms. The summed E-state index contributed by atoms with van der Waals surface area (Å²) in [6.45, 7) is 2.06. The number of halogens is 5. The lowest BCUT2D eigenvalue weighted by atomic mass is 10.1. The van der Waals surface area contributed by atoms with Crippen molar-refractivity contribution >= 4 is 23.2 Å². The lowest BCUT2D eigenvalue weighted by molar-refractivity contribution is 0.443. The maximum Gasteiger partial charge on any atom is 0.194 e. The molecule has 2 rings (SSSR count). The first-order valence-corrected chi connectivity index (χ1v) is 6.96. The summed E-state index contributed by atoms with van der Waals surface area (Å²) in [5.41, 5.74) is 1.20. The van der Waals surface area contributed by atoms with Gasteiger partial charge in [-0.05, 0) is 42.3 Å². The molecular weight excluding hydrogens is 322 g/mol. The molecule has 1 nitrogen and oxygen atoms in total. The lowest BCUT2D eigenvalue weighted by Crippen LogP contribution is -2.18. The Labute approximate surface area is 130 Å². The molecule has 0 saturated carbocycles. The van der Waals surface area contributed by atoms with E-state index in [-0.39, 0.29) is 12.6 Å². The van der Waals surface area contributed by atoms with Gasteiger partial charge in [-0.3, -0.25) is 0 Å². The highest BCUT2D eigenvalue weighted by atomic mass is 35.5. The Morgan fingerprint density at radius 2 is 1.62 bits per heavy atom. The molecule has 0 aliphatic carbocycles. The average Bonchev–Trinajstić information content (AvgIpc) is 2.44. The van der Waals surface area contributed by atoms with Gasteiger partial charge in [0.05, 0.1) is 10.0 Å². The summed E-state index contributed by atoms with van der Waals surface area (Å²) in [7, 11) is 0. The first kappa shape index (κ1) is 16.1. The molecule has 112 valence electrons. The number of hydrogen-bond acceptors (Lipinski definition) is 1. The molecule has 1 N–H and O–H groups in total. The summed E-state index contributed by atoms with van der Waals surface area (Å²) in [6.07, 6.45) is 0. The van der Waals surface area contributed by atoms with Crippen molar-refractivity contribution in [1.29, 1.82) is 0 Å². The van der Waals surface area contributed by atoms with Crippen molar-refractivity contribution in [2.24, 2.45) is 0 Å². The zero-order valence-electron chi connectivity index (χ0n) is 11.1. The largest absolute Gasteiger partial charge is 0.306 e. The Morgan fingerprint density at radius 1 is 1.00 bits per heavy atom. The molecule has 2 aromatic rings. The normalized spacial score (nSPS) is 12.5. The minimum Gasteiger partial charge on any atom is -0.306 e. The van der Waals surface area contributed by atoms with E-state index in [9.17, 15) is 13.2 Å². The van der Waals surface area contributed by atoms with Gasteiger partial charge in [-0.25, -0.2) is 13.2 Å². The smallest absolute Gasteiger partial charge is 0.194 e. The lowest BCUT2D eigenvalue weighted by Gasteiger charge is -2.15. The quantitative estimate of drug-likeness (QED) is 0.752.